The highest BCUT2D eigenvalue weighted by Crippen LogP contribution is 2.42. The Morgan fingerprint density at radius 3 is 2.47 bits per heavy atom. The van der Waals surface area contributed by atoms with Crippen LogP contribution in [0.4, 0.5) is 0 Å². The molecule has 0 aromatic rings. The second-order valence-corrected chi connectivity index (χ2v) is 6.13. The van der Waals surface area contributed by atoms with Crippen LogP contribution < -0.4 is 5.73 Å². The number of hydrogen-bond donors (Lipinski definition) is 1. The molecule has 0 bridgehead atoms. The third-order valence-corrected chi connectivity index (χ3v) is 5.24. The van der Waals surface area contributed by atoms with E-state index in [9.17, 15) is 0 Å². The molecule has 0 aromatic carbocycles. The van der Waals surface area contributed by atoms with Crippen molar-refractivity contribution in [2.45, 2.75) is 63.1 Å². The van der Waals surface area contributed by atoms with E-state index in [0.717, 1.165) is 31.3 Å². The van der Waals surface area contributed by atoms with Crippen molar-refractivity contribution in [3.63, 3.8) is 0 Å². The molecule has 2 unspecified atom stereocenters. The number of hydrogen-bond acceptors (Lipinski definition) is 3. The number of rotatable bonds is 4. The summed E-state index contributed by atoms with van der Waals surface area (Å²) < 4.78 is 5.43. The first kappa shape index (κ1) is 13.3. The van der Waals surface area contributed by atoms with Crippen LogP contribution in [0.2, 0.25) is 0 Å². The lowest BCUT2D eigenvalue weighted by atomic mass is 9.70. The Bertz CT molecular complexity index is 251. The lowest BCUT2D eigenvalue weighted by Gasteiger charge is -2.56. The highest BCUT2D eigenvalue weighted by atomic mass is 16.5. The van der Waals surface area contributed by atoms with Crippen LogP contribution >= 0.6 is 0 Å². The molecule has 0 aromatic heterocycles. The fourth-order valence-electron chi connectivity index (χ4n) is 3.78. The zero-order chi connectivity index (χ0) is 12.5. The summed E-state index contributed by atoms with van der Waals surface area (Å²) in [5, 5.41) is 0. The molecule has 0 heterocycles. The Kier molecular flexibility index (Phi) is 4.11. The first-order valence-electron chi connectivity index (χ1n) is 7.09. The van der Waals surface area contributed by atoms with Gasteiger partial charge in [-0.05, 0) is 38.6 Å². The van der Waals surface area contributed by atoms with Crippen molar-refractivity contribution in [2.75, 3.05) is 20.7 Å². The van der Waals surface area contributed by atoms with Crippen molar-refractivity contribution >= 4 is 0 Å². The molecular formula is C14H28N2O. The first-order valence-corrected chi connectivity index (χ1v) is 7.09. The van der Waals surface area contributed by atoms with Gasteiger partial charge in [-0.15, -0.1) is 0 Å². The highest BCUT2D eigenvalue weighted by Gasteiger charge is 2.49. The van der Waals surface area contributed by atoms with Gasteiger partial charge in [-0.1, -0.05) is 19.8 Å². The Morgan fingerprint density at radius 2 is 1.94 bits per heavy atom. The average molecular weight is 240 g/mol. The smallest absolute Gasteiger partial charge is 0.0607 e. The molecule has 2 fully saturated rings. The van der Waals surface area contributed by atoms with Crippen molar-refractivity contribution < 1.29 is 4.74 Å². The minimum Gasteiger partial charge on any atom is -0.381 e. The monoisotopic (exact) mass is 240 g/mol. The maximum absolute atomic E-state index is 6.04. The van der Waals surface area contributed by atoms with Crippen molar-refractivity contribution in [2.24, 2.45) is 11.7 Å². The summed E-state index contributed by atoms with van der Waals surface area (Å²) in [5.41, 5.74) is 6.26. The first-order chi connectivity index (χ1) is 8.13. The molecule has 2 N–H and O–H groups in total. The average Bonchev–Trinajstić information content (AvgIpc) is 2.29. The van der Waals surface area contributed by atoms with Gasteiger partial charge in [0.2, 0.25) is 0 Å². The van der Waals surface area contributed by atoms with E-state index in [4.69, 9.17) is 10.5 Å². The van der Waals surface area contributed by atoms with Gasteiger partial charge in [0.25, 0.3) is 0 Å². The predicted octanol–water partition coefficient (Wildman–Crippen LogP) is 2.00. The summed E-state index contributed by atoms with van der Waals surface area (Å²) >= 11 is 0. The van der Waals surface area contributed by atoms with Gasteiger partial charge in [-0.25, -0.2) is 0 Å². The Hall–Kier alpha value is -0.120. The standard InChI is InChI=1S/C14H28N2O/c1-11-6-4-5-7-13(11)16(2)14(10-15)8-12(9-14)17-3/h11-13H,4-10,15H2,1-3H3. The zero-order valence-corrected chi connectivity index (χ0v) is 11.6. The van der Waals surface area contributed by atoms with Gasteiger partial charge in [0.15, 0.2) is 0 Å². The minimum atomic E-state index is 0.219. The molecule has 2 atom stereocenters. The van der Waals surface area contributed by atoms with Crippen LogP contribution in [0.15, 0.2) is 0 Å². The van der Waals surface area contributed by atoms with Gasteiger partial charge in [0, 0.05) is 25.2 Å². The van der Waals surface area contributed by atoms with E-state index in [2.05, 4.69) is 18.9 Å². The minimum absolute atomic E-state index is 0.219. The number of nitrogens with two attached hydrogens (primary N) is 1. The second kappa shape index (κ2) is 5.25. The maximum Gasteiger partial charge on any atom is 0.0607 e. The maximum atomic E-state index is 6.04. The van der Waals surface area contributed by atoms with Crippen LogP contribution in [0.3, 0.4) is 0 Å². The summed E-state index contributed by atoms with van der Waals surface area (Å²) in [7, 11) is 4.10. The predicted molar refractivity (Wildman–Crippen MR) is 71.0 cm³/mol. The lowest BCUT2D eigenvalue weighted by molar-refractivity contribution is -0.103. The molecular weight excluding hydrogens is 212 g/mol. The van der Waals surface area contributed by atoms with Crippen LogP contribution in [-0.4, -0.2) is 43.3 Å². The van der Waals surface area contributed by atoms with E-state index < -0.39 is 0 Å². The quantitative estimate of drug-likeness (QED) is 0.817. The van der Waals surface area contributed by atoms with E-state index in [1.54, 1.807) is 0 Å². The molecule has 2 aliphatic carbocycles. The van der Waals surface area contributed by atoms with Crippen LogP contribution in [0, 0.1) is 5.92 Å². The normalized spacial score (nSPS) is 42.5. The van der Waals surface area contributed by atoms with Crippen molar-refractivity contribution in [1.82, 2.24) is 4.90 Å². The molecule has 2 aliphatic rings. The zero-order valence-electron chi connectivity index (χ0n) is 11.6. The second-order valence-electron chi connectivity index (χ2n) is 6.13. The Labute approximate surface area is 106 Å². The van der Waals surface area contributed by atoms with Crippen molar-refractivity contribution in [1.29, 1.82) is 0 Å². The fourth-order valence-corrected chi connectivity index (χ4v) is 3.78. The van der Waals surface area contributed by atoms with Gasteiger partial charge >= 0.3 is 0 Å². The number of methoxy groups -OCH3 is 1. The third-order valence-electron chi connectivity index (χ3n) is 5.24. The highest BCUT2D eigenvalue weighted by molar-refractivity contribution is 5.05. The molecule has 0 radical (unpaired) electrons. The third kappa shape index (κ3) is 2.38. The number of ether oxygens (including phenoxy) is 1. The van der Waals surface area contributed by atoms with Crippen LogP contribution in [-0.2, 0) is 4.74 Å². The van der Waals surface area contributed by atoms with E-state index in [-0.39, 0.29) is 5.54 Å². The van der Waals surface area contributed by atoms with Crippen molar-refractivity contribution in [3.05, 3.63) is 0 Å². The van der Waals surface area contributed by atoms with E-state index in [0.29, 0.717) is 6.10 Å². The van der Waals surface area contributed by atoms with Gasteiger partial charge in [-0.2, -0.15) is 0 Å². The molecule has 3 nitrogen and oxygen atoms in total. The largest absolute Gasteiger partial charge is 0.381 e. The number of likely N-dealkylation sites (N-methyl/N-ethyl adjacent to an activating group) is 1. The molecule has 3 heteroatoms. The molecule has 2 saturated carbocycles. The van der Waals surface area contributed by atoms with E-state index >= 15 is 0 Å². The fraction of sp³-hybridized carbons (Fsp3) is 1.00. The SMILES string of the molecule is COC1CC(CN)(N(C)C2CCCCC2C)C1. The summed E-state index contributed by atoms with van der Waals surface area (Å²) in [4.78, 5) is 2.59. The van der Waals surface area contributed by atoms with Crippen LogP contribution in [0.1, 0.15) is 45.4 Å². The number of nitrogens with zero attached hydrogens (tertiary/aromatic N) is 1. The van der Waals surface area contributed by atoms with Crippen LogP contribution in [0.25, 0.3) is 0 Å². The molecule has 0 saturated heterocycles. The van der Waals surface area contributed by atoms with Gasteiger partial charge < -0.3 is 10.5 Å². The molecule has 0 aliphatic heterocycles. The summed E-state index contributed by atoms with van der Waals surface area (Å²) in [6, 6.07) is 0.727. The summed E-state index contributed by atoms with van der Waals surface area (Å²) in [6.45, 7) is 3.17. The van der Waals surface area contributed by atoms with Crippen LogP contribution in [0.5, 0.6) is 0 Å². The molecule has 0 spiro atoms. The molecule has 2 rings (SSSR count). The molecule has 100 valence electrons. The van der Waals surface area contributed by atoms with Gasteiger partial charge in [0.1, 0.15) is 0 Å². The topological polar surface area (TPSA) is 38.5 Å². The Morgan fingerprint density at radius 1 is 1.29 bits per heavy atom. The Balaban J connectivity index is 1.99. The summed E-state index contributed by atoms with van der Waals surface area (Å²) in [6.07, 6.45) is 8.16. The van der Waals surface area contributed by atoms with Gasteiger partial charge in [-0.3, -0.25) is 4.90 Å². The van der Waals surface area contributed by atoms with E-state index in [1.165, 1.54) is 25.7 Å². The van der Waals surface area contributed by atoms with E-state index in [1.807, 2.05) is 7.11 Å². The molecule has 17 heavy (non-hydrogen) atoms. The lowest BCUT2D eigenvalue weighted by Crippen LogP contribution is -2.66. The van der Waals surface area contributed by atoms with Gasteiger partial charge in [0.05, 0.1) is 6.10 Å². The summed E-state index contributed by atoms with van der Waals surface area (Å²) in [5.74, 6) is 0.818. The molecule has 0 amide bonds. The van der Waals surface area contributed by atoms with Crippen molar-refractivity contribution in [3.8, 4) is 0 Å².